The Hall–Kier alpha value is -2.99. The maximum atomic E-state index is 13.0. The number of benzene rings is 2. The number of hydrogen-bond acceptors (Lipinski definition) is 4. The second-order valence-corrected chi connectivity index (χ2v) is 7.26. The number of amides is 1. The van der Waals surface area contributed by atoms with E-state index in [0.717, 1.165) is 47.7 Å². The molecule has 6 heteroatoms. The third kappa shape index (κ3) is 3.68. The molecule has 1 aliphatic rings. The van der Waals surface area contributed by atoms with Gasteiger partial charge in [-0.1, -0.05) is 36.4 Å². The number of aliphatic hydroxyl groups is 1. The van der Waals surface area contributed by atoms with Gasteiger partial charge in [0.15, 0.2) is 5.82 Å². The SMILES string of the molecule is Cc1nc([C@H]2CCCN(C(=O)c3ccc(-c4ccccc4CO)cc3)C2)n[nH]1. The van der Waals surface area contributed by atoms with Gasteiger partial charge in [0, 0.05) is 24.6 Å². The Morgan fingerprint density at radius 1 is 1.21 bits per heavy atom. The van der Waals surface area contributed by atoms with Gasteiger partial charge in [0.2, 0.25) is 0 Å². The Morgan fingerprint density at radius 2 is 2.00 bits per heavy atom. The van der Waals surface area contributed by atoms with Gasteiger partial charge in [0.25, 0.3) is 5.91 Å². The van der Waals surface area contributed by atoms with Gasteiger partial charge in [-0.05, 0) is 48.6 Å². The molecule has 0 aliphatic carbocycles. The van der Waals surface area contributed by atoms with Crippen LogP contribution in [0.5, 0.6) is 0 Å². The van der Waals surface area contributed by atoms with Crippen molar-refractivity contribution in [3.63, 3.8) is 0 Å². The fourth-order valence-corrected chi connectivity index (χ4v) is 3.83. The maximum absolute atomic E-state index is 13.0. The quantitative estimate of drug-likeness (QED) is 0.732. The number of aromatic amines is 1. The lowest BCUT2D eigenvalue weighted by Crippen LogP contribution is -2.39. The Kier molecular flexibility index (Phi) is 5.21. The van der Waals surface area contributed by atoms with Gasteiger partial charge < -0.3 is 10.0 Å². The van der Waals surface area contributed by atoms with E-state index >= 15 is 0 Å². The number of nitrogens with zero attached hydrogens (tertiary/aromatic N) is 3. The van der Waals surface area contributed by atoms with E-state index < -0.39 is 0 Å². The largest absolute Gasteiger partial charge is 0.392 e. The average Bonchev–Trinajstić information content (AvgIpc) is 3.20. The Balaban J connectivity index is 1.50. The van der Waals surface area contributed by atoms with Gasteiger partial charge in [0.1, 0.15) is 5.82 Å². The highest BCUT2D eigenvalue weighted by molar-refractivity contribution is 5.94. The topological polar surface area (TPSA) is 82.1 Å². The van der Waals surface area contributed by atoms with E-state index in [1.807, 2.05) is 60.4 Å². The van der Waals surface area contributed by atoms with Crippen LogP contribution in [0.25, 0.3) is 11.1 Å². The number of aryl methyl sites for hydroxylation is 1. The lowest BCUT2D eigenvalue weighted by atomic mass is 9.96. The van der Waals surface area contributed by atoms with Gasteiger partial charge in [-0.25, -0.2) is 4.98 Å². The van der Waals surface area contributed by atoms with Crippen molar-refractivity contribution < 1.29 is 9.90 Å². The van der Waals surface area contributed by atoms with E-state index in [2.05, 4.69) is 15.2 Å². The van der Waals surface area contributed by atoms with Crippen LogP contribution < -0.4 is 0 Å². The van der Waals surface area contributed by atoms with E-state index in [4.69, 9.17) is 0 Å². The van der Waals surface area contributed by atoms with Crippen LogP contribution in [0.15, 0.2) is 48.5 Å². The molecule has 1 saturated heterocycles. The number of aromatic nitrogens is 3. The Morgan fingerprint density at radius 3 is 2.71 bits per heavy atom. The summed E-state index contributed by atoms with van der Waals surface area (Å²) in [5, 5.41) is 16.7. The van der Waals surface area contributed by atoms with Crippen molar-refractivity contribution in [2.24, 2.45) is 0 Å². The third-order valence-electron chi connectivity index (χ3n) is 5.32. The standard InChI is InChI=1S/C22H24N4O2/c1-15-23-21(25-24-15)18-6-4-12-26(13-18)22(28)17-10-8-16(9-11-17)20-7-3-2-5-19(20)14-27/h2-3,5,7-11,18,27H,4,6,12-14H2,1H3,(H,23,24,25)/t18-/m0/s1. The molecule has 1 atom stereocenters. The van der Waals surface area contributed by atoms with Crippen molar-refractivity contribution in [2.45, 2.75) is 32.3 Å². The molecular formula is C22H24N4O2. The van der Waals surface area contributed by atoms with Gasteiger partial charge in [-0.15, -0.1) is 0 Å². The molecule has 2 heterocycles. The van der Waals surface area contributed by atoms with Crippen molar-refractivity contribution in [3.8, 4) is 11.1 Å². The van der Waals surface area contributed by atoms with Crippen LogP contribution in [-0.2, 0) is 6.61 Å². The van der Waals surface area contributed by atoms with E-state index in [0.29, 0.717) is 12.1 Å². The molecule has 1 aliphatic heterocycles. The molecule has 2 N–H and O–H groups in total. The predicted molar refractivity (Wildman–Crippen MR) is 107 cm³/mol. The van der Waals surface area contributed by atoms with E-state index in [9.17, 15) is 9.90 Å². The van der Waals surface area contributed by atoms with Crippen molar-refractivity contribution in [3.05, 3.63) is 71.3 Å². The number of likely N-dealkylation sites (tertiary alicyclic amines) is 1. The minimum atomic E-state index is -0.00722. The lowest BCUT2D eigenvalue weighted by Gasteiger charge is -2.31. The van der Waals surface area contributed by atoms with Crippen LogP contribution in [0.4, 0.5) is 0 Å². The highest BCUT2D eigenvalue weighted by Gasteiger charge is 2.27. The number of nitrogens with one attached hydrogen (secondary N) is 1. The molecule has 6 nitrogen and oxygen atoms in total. The normalized spacial score (nSPS) is 16.9. The molecule has 2 aromatic carbocycles. The number of H-pyrrole nitrogens is 1. The molecule has 0 saturated carbocycles. The van der Waals surface area contributed by atoms with Crippen LogP contribution in [0.2, 0.25) is 0 Å². The number of carbonyl (C=O) groups is 1. The second kappa shape index (κ2) is 7.94. The number of hydrogen-bond donors (Lipinski definition) is 2. The van der Waals surface area contributed by atoms with Crippen molar-refractivity contribution in [1.82, 2.24) is 20.1 Å². The van der Waals surface area contributed by atoms with Gasteiger partial charge >= 0.3 is 0 Å². The van der Waals surface area contributed by atoms with E-state index in [1.165, 1.54) is 0 Å². The minimum Gasteiger partial charge on any atom is -0.392 e. The monoisotopic (exact) mass is 376 g/mol. The summed E-state index contributed by atoms with van der Waals surface area (Å²) in [6, 6.07) is 15.4. The zero-order valence-corrected chi connectivity index (χ0v) is 15.9. The molecule has 0 unspecified atom stereocenters. The molecule has 0 bridgehead atoms. The summed E-state index contributed by atoms with van der Waals surface area (Å²) >= 11 is 0. The Bertz CT molecular complexity index is 965. The van der Waals surface area contributed by atoms with E-state index in [1.54, 1.807) is 0 Å². The highest BCUT2D eigenvalue weighted by atomic mass is 16.3. The molecule has 4 rings (SSSR count). The molecule has 1 fully saturated rings. The highest BCUT2D eigenvalue weighted by Crippen LogP contribution is 2.27. The minimum absolute atomic E-state index is 0.00722. The molecule has 3 aromatic rings. The zero-order valence-electron chi connectivity index (χ0n) is 15.9. The van der Waals surface area contributed by atoms with Gasteiger partial charge in [0.05, 0.1) is 6.61 Å². The van der Waals surface area contributed by atoms with Crippen molar-refractivity contribution in [2.75, 3.05) is 13.1 Å². The summed E-state index contributed by atoms with van der Waals surface area (Å²) in [6.45, 7) is 3.28. The molecule has 1 amide bonds. The number of carbonyl (C=O) groups excluding carboxylic acids is 1. The van der Waals surface area contributed by atoms with Crippen molar-refractivity contribution in [1.29, 1.82) is 0 Å². The number of rotatable bonds is 4. The average molecular weight is 376 g/mol. The van der Waals surface area contributed by atoms with Gasteiger partial charge in [-0.3, -0.25) is 9.89 Å². The smallest absolute Gasteiger partial charge is 0.253 e. The molecule has 144 valence electrons. The lowest BCUT2D eigenvalue weighted by molar-refractivity contribution is 0.0704. The number of piperidine rings is 1. The first-order valence-corrected chi connectivity index (χ1v) is 9.63. The number of aliphatic hydroxyl groups excluding tert-OH is 1. The van der Waals surface area contributed by atoms with Crippen LogP contribution in [-0.4, -0.2) is 44.2 Å². The summed E-state index contributed by atoms with van der Waals surface area (Å²) in [5.41, 5.74) is 3.54. The van der Waals surface area contributed by atoms with E-state index in [-0.39, 0.29) is 18.4 Å². The van der Waals surface area contributed by atoms with Crippen LogP contribution in [0.3, 0.4) is 0 Å². The molecule has 28 heavy (non-hydrogen) atoms. The molecule has 1 aromatic heterocycles. The van der Waals surface area contributed by atoms with Crippen LogP contribution in [0, 0.1) is 6.92 Å². The summed E-state index contributed by atoms with van der Waals surface area (Å²) in [5.74, 6) is 1.82. The summed E-state index contributed by atoms with van der Waals surface area (Å²) in [6.07, 6.45) is 1.95. The fraction of sp³-hybridized carbons (Fsp3) is 0.318. The maximum Gasteiger partial charge on any atom is 0.253 e. The van der Waals surface area contributed by atoms with Gasteiger partial charge in [-0.2, -0.15) is 5.10 Å². The summed E-state index contributed by atoms with van der Waals surface area (Å²) in [4.78, 5) is 19.3. The zero-order chi connectivity index (χ0) is 19.5. The van der Waals surface area contributed by atoms with Crippen molar-refractivity contribution >= 4 is 5.91 Å². The second-order valence-electron chi connectivity index (χ2n) is 7.26. The summed E-state index contributed by atoms with van der Waals surface area (Å²) in [7, 11) is 0. The fourth-order valence-electron chi connectivity index (χ4n) is 3.83. The first-order valence-electron chi connectivity index (χ1n) is 9.63. The molecular weight excluding hydrogens is 352 g/mol. The summed E-state index contributed by atoms with van der Waals surface area (Å²) < 4.78 is 0. The van der Waals surface area contributed by atoms with Crippen LogP contribution >= 0.6 is 0 Å². The Labute approximate surface area is 164 Å². The first kappa shape index (κ1) is 18.4. The molecule has 0 spiro atoms. The third-order valence-corrected chi connectivity index (χ3v) is 5.32. The first-order chi connectivity index (χ1) is 13.7. The van der Waals surface area contributed by atoms with Crippen LogP contribution in [0.1, 0.15) is 46.3 Å². The molecule has 0 radical (unpaired) electrons. The predicted octanol–water partition coefficient (Wildman–Crippen LogP) is 3.29.